The van der Waals surface area contributed by atoms with E-state index < -0.39 is 6.04 Å². The van der Waals surface area contributed by atoms with Crippen molar-refractivity contribution in [2.24, 2.45) is 7.05 Å². The number of carbonyl (C=O) groups excluding carboxylic acids is 1. The molecular formula is C28H27N5O. The smallest absolute Gasteiger partial charge is 0.246 e. The molecule has 1 amide bonds. The third kappa shape index (κ3) is 5.58. The average Bonchev–Trinajstić information content (AvgIpc) is 3.31. The lowest BCUT2D eigenvalue weighted by Crippen LogP contribution is -2.35. The first-order valence-corrected chi connectivity index (χ1v) is 11.2. The van der Waals surface area contributed by atoms with Gasteiger partial charge in [0.05, 0.1) is 17.8 Å². The predicted octanol–water partition coefficient (Wildman–Crippen LogP) is 5.03. The van der Waals surface area contributed by atoms with Gasteiger partial charge in [0, 0.05) is 31.0 Å². The number of carbonyl (C=O) groups is 1. The van der Waals surface area contributed by atoms with Gasteiger partial charge in [-0.05, 0) is 46.9 Å². The summed E-state index contributed by atoms with van der Waals surface area (Å²) < 4.78 is 1.76. The number of aryl methyl sites for hydroxylation is 1. The highest BCUT2D eigenvalue weighted by atomic mass is 16.2. The Kier molecular flexibility index (Phi) is 7.16. The molecule has 4 rings (SSSR count). The van der Waals surface area contributed by atoms with Crippen LogP contribution >= 0.6 is 0 Å². The van der Waals surface area contributed by atoms with Crippen LogP contribution in [0.5, 0.6) is 0 Å². The summed E-state index contributed by atoms with van der Waals surface area (Å²) in [6.07, 6.45) is 3.77. The summed E-state index contributed by atoms with van der Waals surface area (Å²) >= 11 is 0. The standard InChI is InChI=1S/C28H27N5O/c1-20(22-10-8-21(16-29)9-11-22)17-30-27(24-6-4-3-5-7-24)28(34)32-26-14-12-23(13-15-26)25-18-31-33(2)19-25/h3-15,18-20,27,30H,17H2,1-2H3,(H,32,34)/t20-,27-/m1/s1. The minimum absolute atomic E-state index is 0.118. The second-order valence-electron chi connectivity index (χ2n) is 8.36. The van der Waals surface area contributed by atoms with E-state index in [0.717, 1.165) is 27.9 Å². The lowest BCUT2D eigenvalue weighted by molar-refractivity contribution is -0.118. The van der Waals surface area contributed by atoms with Crippen LogP contribution in [0.4, 0.5) is 5.69 Å². The molecule has 0 aliphatic heterocycles. The minimum Gasteiger partial charge on any atom is -0.324 e. The number of benzene rings is 3. The van der Waals surface area contributed by atoms with Crippen molar-refractivity contribution in [2.45, 2.75) is 18.9 Å². The van der Waals surface area contributed by atoms with E-state index in [1.807, 2.05) is 98.3 Å². The monoisotopic (exact) mass is 449 g/mol. The van der Waals surface area contributed by atoms with Crippen LogP contribution in [0.1, 0.15) is 35.6 Å². The molecule has 3 aromatic carbocycles. The molecule has 1 heterocycles. The Bertz CT molecular complexity index is 1270. The zero-order valence-corrected chi connectivity index (χ0v) is 19.3. The fourth-order valence-electron chi connectivity index (χ4n) is 3.84. The number of aromatic nitrogens is 2. The summed E-state index contributed by atoms with van der Waals surface area (Å²) in [5, 5.41) is 19.7. The molecule has 2 atom stereocenters. The van der Waals surface area contributed by atoms with Gasteiger partial charge in [0.25, 0.3) is 0 Å². The van der Waals surface area contributed by atoms with E-state index in [4.69, 9.17) is 5.26 Å². The molecule has 0 fully saturated rings. The summed E-state index contributed by atoms with van der Waals surface area (Å²) in [6, 6.07) is 26.7. The van der Waals surface area contributed by atoms with E-state index in [0.29, 0.717) is 12.1 Å². The van der Waals surface area contributed by atoms with E-state index in [2.05, 4.69) is 28.7 Å². The summed E-state index contributed by atoms with van der Waals surface area (Å²) in [7, 11) is 1.89. The largest absolute Gasteiger partial charge is 0.324 e. The zero-order valence-electron chi connectivity index (χ0n) is 19.3. The Balaban J connectivity index is 1.46. The van der Waals surface area contributed by atoms with E-state index >= 15 is 0 Å². The van der Waals surface area contributed by atoms with Crippen molar-refractivity contribution in [3.05, 3.63) is 108 Å². The molecular weight excluding hydrogens is 422 g/mol. The molecule has 0 spiro atoms. The van der Waals surface area contributed by atoms with Gasteiger partial charge in [-0.3, -0.25) is 9.48 Å². The van der Waals surface area contributed by atoms with Crippen LogP contribution in [0.15, 0.2) is 91.3 Å². The zero-order chi connectivity index (χ0) is 23.9. The Labute approximate surface area is 199 Å². The Morgan fingerprint density at radius 3 is 2.29 bits per heavy atom. The van der Waals surface area contributed by atoms with Gasteiger partial charge in [0.15, 0.2) is 0 Å². The maximum atomic E-state index is 13.3. The van der Waals surface area contributed by atoms with Gasteiger partial charge in [0.1, 0.15) is 6.04 Å². The number of anilines is 1. The second-order valence-corrected chi connectivity index (χ2v) is 8.36. The maximum absolute atomic E-state index is 13.3. The third-order valence-corrected chi connectivity index (χ3v) is 5.82. The second kappa shape index (κ2) is 10.6. The molecule has 170 valence electrons. The van der Waals surface area contributed by atoms with Crippen LogP contribution in [0.25, 0.3) is 11.1 Å². The Morgan fingerprint density at radius 2 is 1.68 bits per heavy atom. The summed E-state index contributed by atoms with van der Waals surface area (Å²) in [5.74, 6) is 0.0536. The predicted molar refractivity (Wildman–Crippen MR) is 134 cm³/mol. The molecule has 4 aromatic rings. The van der Waals surface area contributed by atoms with Gasteiger partial charge in [-0.2, -0.15) is 10.4 Å². The van der Waals surface area contributed by atoms with Crippen LogP contribution in [-0.4, -0.2) is 22.2 Å². The number of nitrogens with zero attached hydrogens (tertiary/aromatic N) is 3. The number of hydrogen-bond donors (Lipinski definition) is 2. The first-order chi connectivity index (χ1) is 16.5. The van der Waals surface area contributed by atoms with E-state index in [1.165, 1.54) is 0 Å². The fourth-order valence-corrected chi connectivity index (χ4v) is 3.84. The Hall–Kier alpha value is -4.21. The average molecular weight is 450 g/mol. The lowest BCUT2D eigenvalue weighted by Gasteiger charge is -2.22. The number of hydrogen-bond acceptors (Lipinski definition) is 4. The van der Waals surface area contributed by atoms with Crippen molar-refractivity contribution in [1.82, 2.24) is 15.1 Å². The fraction of sp³-hybridized carbons (Fsp3) is 0.179. The molecule has 34 heavy (non-hydrogen) atoms. The first-order valence-electron chi connectivity index (χ1n) is 11.2. The van der Waals surface area contributed by atoms with Gasteiger partial charge in [-0.15, -0.1) is 0 Å². The van der Waals surface area contributed by atoms with E-state index in [-0.39, 0.29) is 11.8 Å². The van der Waals surface area contributed by atoms with Crippen LogP contribution in [0.2, 0.25) is 0 Å². The van der Waals surface area contributed by atoms with Crippen LogP contribution in [-0.2, 0) is 11.8 Å². The molecule has 0 saturated carbocycles. The number of amides is 1. The summed E-state index contributed by atoms with van der Waals surface area (Å²) in [4.78, 5) is 13.3. The number of rotatable bonds is 8. The highest BCUT2D eigenvalue weighted by molar-refractivity contribution is 5.95. The van der Waals surface area contributed by atoms with Crippen LogP contribution < -0.4 is 10.6 Å². The van der Waals surface area contributed by atoms with Crippen molar-refractivity contribution in [3.63, 3.8) is 0 Å². The molecule has 1 aromatic heterocycles. The molecule has 6 nitrogen and oxygen atoms in total. The number of nitrogens with one attached hydrogen (secondary N) is 2. The van der Waals surface area contributed by atoms with Gasteiger partial charge in [0.2, 0.25) is 5.91 Å². The summed E-state index contributed by atoms with van der Waals surface area (Å²) in [6.45, 7) is 2.71. The highest BCUT2D eigenvalue weighted by Gasteiger charge is 2.21. The highest BCUT2D eigenvalue weighted by Crippen LogP contribution is 2.23. The first kappa shape index (κ1) is 23.0. The lowest BCUT2D eigenvalue weighted by atomic mass is 9.98. The number of nitriles is 1. The third-order valence-electron chi connectivity index (χ3n) is 5.82. The van der Waals surface area contributed by atoms with Crippen molar-refractivity contribution in [1.29, 1.82) is 5.26 Å². The normalized spacial score (nSPS) is 12.5. The molecule has 0 unspecified atom stereocenters. The summed E-state index contributed by atoms with van der Waals surface area (Å²) in [5.41, 5.74) is 5.46. The minimum atomic E-state index is -0.500. The van der Waals surface area contributed by atoms with Crippen molar-refractivity contribution in [2.75, 3.05) is 11.9 Å². The van der Waals surface area contributed by atoms with Crippen LogP contribution in [0.3, 0.4) is 0 Å². The van der Waals surface area contributed by atoms with Crippen LogP contribution in [0, 0.1) is 11.3 Å². The van der Waals surface area contributed by atoms with Crippen molar-refractivity contribution in [3.8, 4) is 17.2 Å². The quantitative estimate of drug-likeness (QED) is 0.395. The molecule has 0 aliphatic carbocycles. The maximum Gasteiger partial charge on any atom is 0.246 e. The molecule has 2 N–H and O–H groups in total. The molecule has 6 heteroatoms. The molecule has 0 radical (unpaired) electrons. The Morgan fingerprint density at radius 1 is 0.971 bits per heavy atom. The van der Waals surface area contributed by atoms with Crippen molar-refractivity contribution >= 4 is 11.6 Å². The molecule has 0 aliphatic rings. The SMILES string of the molecule is C[C@H](CN[C@@H](C(=O)Nc1ccc(-c2cnn(C)c2)cc1)c1ccccc1)c1ccc(C#N)cc1. The van der Waals surface area contributed by atoms with E-state index in [1.54, 1.807) is 4.68 Å². The topological polar surface area (TPSA) is 82.7 Å². The molecule has 0 saturated heterocycles. The van der Waals surface area contributed by atoms with Gasteiger partial charge < -0.3 is 10.6 Å². The van der Waals surface area contributed by atoms with Gasteiger partial charge in [-0.25, -0.2) is 0 Å². The van der Waals surface area contributed by atoms with Gasteiger partial charge in [-0.1, -0.05) is 61.5 Å². The molecule has 0 bridgehead atoms. The van der Waals surface area contributed by atoms with Gasteiger partial charge >= 0.3 is 0 Å². The van der Waals surface area contributed by atoms with E-state index in [9.17, 15) is 4.79 Å². The van der Waals surface area contributed by atoms with Crippen molar-refractivity contribution < 1.29 is 4.79 Å².